The maximum atomic E-state index is 11.7. The van der Waals surface area contributed by atoms with Gasteiger partial charge in [0.1, 0.15) is 0 Å². The molecule has 0 spiro atoms. The largest absolute Gasteiger partial charge is 0.374 e. The van der Waals surface area contributed by atoms with Gasteiger partial charge in [-0.25, -0.2) is 0 Å². The fourth-order valence-corrected chi connectivity index (χ4v) is 2.50. The second-order valence-corrected chi connectivity index (χ2v) is 5.09. The Labute approximate surface area is 85.3 Å². The van der Waals surface area contributed by atoms with Crippen LogP contribution >= 0.6 is 0 Å². The first-order valence-electron chi connectivity index (χ1n) is 5.40. The number of ether oxygens (including phenoxy) is 1. The van der Waals surface area contributed by atoms with Crippen molar-refractivity contribution < 1.29 is 9.53 Å². The zero-order chi connectivity index (χ0) is 10.3. The van der Waals surface area contributed by atoms with Gasteiger partial charge in [-0.15, -0.1) is 0 Å². The molecule has 0 fully saturated rings. The van der Waals surface area contributed by atoms with Crippen LogP contribution in [0.1, 0.15) is 40.0 Å². The minimum atomic E-state index is 0.145. The third-order valence-electron chi connectivity index (χ3n) is 3.18. The lowest BCUT2D eigenvalue weighted by molar-refractivity contribution is -0.120. The van der Waals surface area contributed by atoms with Gasteiger partial charge in [-0.3, -0.25) is 4.79 Å². The van der Waals surface area contributed by atoms with Gasteiger partial charge in [-0.05, 0) is 29.9 Å². The summed E-state index contributed by atoms with van der Waals surface area (Å²) < 4.78 is 5.58. The summed E-state index contributed by atoms with van der Waals surface area (Å²) in [5.74, 6) is 0.354. The Kier molecular flexibility index (Phi) is 2.26. The van der Waals surface area contributed by atoms with Crippen molar-refractivity contribution in [2.45, 2.75) is 46.1 Å². The normalized spacial score (nSPS) is 29.9. The molecule has 0 aromatic heterocycles. The molecule has 1 unspecified atom stereocenters. The molecule has 0 saturated carbocycles. The molecule has 0 heterocycles. The monoisotopic (exact) mass is 194 g/mol. The zero-order valence-electron chi connectivity index (χ0n) is 9.22. The second-order valence-electron chi connectivity index (χ2n) is 5.09. The first-order valence-corrected chi connectivity index (χ1v) is 5.40. The fourth-order valence-electron chi connectivity index (χ4n) is 2.50. The molecule has 0 aromatic carbocycles. The van der Waals surface area contributed by atoms with Gasteiger partial charge in [0.25, 0.3) is 0 Å². The van der Waals surface area contributed by atoms with Crippen molar-refractivity contribution in [1.82, 2.24) is 0 Å². The summed E-state index contributed by atoms with van der Waals surface area (Å²) in [6, 6.07) is 0. The van der Waals surface area contributed by atoms with Gasteiger partial charge in [0.05, 0.1) is 6.10 Å². The van der Waals surface area contributed by atoms with Gasteiger partial charge in [0.2, 0.25) is 0 Å². The Morgan fingerprint density at radius 3 is 2.79 bits per heavy atom. The number of rotatable bonds is 2. The highest BCUT2D eigenvalue weighted by atomic mass is 16.5. The van der Waals surface area contributed by atoms with Crippen molar-refractivity contribution in [2.75, 3.05) is 6.61 Å². The molecule has 0 amide bonds. The van der Waals surface area contributed by atoms with E-state index in [-0.39, 0.29) is 11.5 Å². The molecule has 2 aliphatic rings. The molecule has 0 aromatic rings. The highest BCUT2D eigenvalue weighted by Gasteiger charge is 2.42. The van der Waals surface area contributed by atoms with Crippen LogP contribution in [-0.4, -0.2) is 18.5 Å². The molecule has 0 radical (unpaired) electrons. The molecule has 1 atom stereocenters. The summed E-state index contributed by atoms with van der Waals surface area (Å²) >= 11 is 0. The van der Waals surface area contributed by atoms with Gasteiger partial charge < -0.3 is 4.74 Å². The number of ketones is 1. The predicted octanol–water partition coefficient (Wildman–Crippen LogP) is 2.48. The molecular weight excluding hydrogens is 176 g/mol. The lowest BCUT2D eigenvalue weighted by atomic mass is 9.66. The Hall–Kier alpha value is -0.630. The van der Waals surface area contributed by atoms with Crippen molar-refractivity contribution in [3.05, 3.63) is 11.1 Å². The van der Waals surface area contributed by atoms with Crippen LogP contribution in [0, 0.1) is 5.41 Å². The predicted molar refractivity (Wildman–Crippen MR) is 55.1 cm³/mol. The van der Waals surface area contributed by atoms with E-state index in [2.05, 4.69) is 13.8 Å². The lowest BCUT2D eigenvalue weighted by Crippen LogP contribution is -2.39. The van der Waals surface area contributed by atoms with Gasteiger partial charge >= 0.3 is 0 Å². The Morgan fingerprint density at radius 1 is 1.43 bits per heavy atom. The first-order chi connectivity index (χ1) is 6.53. The third-order valence-corrected chi connectivity index (χ3v) is 3.18. The van der Waals surface area contributed by atoms with Crippen molar-refractivity contribution in [2.24, 2.45) is 5.41 Å². The number of hydrogen-bond acceptors (Lipinski definition) is 2. The van der Waals surface area contributed by atoms with E-state index < -0.39 is 0 Å². The van der Waals surface area contributed by atoms with Crippen LogP contribution in [0.15, 0.2) is 11.1 Å². The van der Waals surface area contributed by atoms with Crippen LogP contribution in [0.5, 0.6) is 0 Å². The summed E-state index contributed by atoms with van der Waals surface area (Å²) in [7, 11) is 0. The van der Waals surface area contributed by atoms with Gasteiger partial charge in [0, 0.05) is 19.4 Å². The Bertz CT molecular complexity index is 299. The Morgan fingerprint density at radius 2 is 2.14 bits per heavy atom. The van der Waals surface area contributed by atoms with Crippen molar-refractivity contribution >= 4 is 5.78 Å². The average Bonchev–Trinajstić information content (AvgIpc) is 2.05. The summed E-state index contributed by atoms with van der Waals surface area (Å²) in [5.41, 5.74) is 2.50. The number of Topliss-reactive ketones (excluding diaryl/α,β-unsaturated/α-hetero) is 1. The maximum Gasteiger partial charge on any atom is 0.159 e. The van der Waals surface area contributed by atoms with E-state index in [1.165, 1.54) is 5.57 Å². The molecule has 2 nitrogen and oxygen atoms in total. The molecule has 2 aliphatic carbocycles. The number of hydrogen-bond donors (Lipinski definition) is 0. The summed E-state index contributed by atoms with van der Waals surface area (Å²) in [6.07, 6.45) is 2.86. The van der Waals surface area contributed by atoms with E-state index in [0.717, 1.165) is 25.0 Å². The van der Waals surface area contributed by atoms with Crippen LogP contribution in [0.25, 0.3) is 0 Å². The van der Waals surface area contributed by atoms with E-state index >= 15 is 0 Å². The third kappa shape index (κ3) is 1.52. The lowest BCUT2D eigenvalue weighted by Gasteiger charge is -2.42. The SMILES string of the molecule is CCOC1CC2=C1CC(C)(C)CC2=O. The molecular formula is C12H18O2. The van der Waals surface area contributed by atoms with Crippen molar-refractivity contribution in [3.63, 3.8) is 0 Å². The molecule has 0 aliphatic heterocycles. The molecule has 0 N–H and O–H groups in total. The molecule has 14 heavy (non-hydrogen) atoms. The smallest absolute Gasteiger partial charge is 0.159 e. The van der Waals surface area contributed by atoms with Gasteiger partial charge in [-0.2, -0.15) is 0 Å². The van der Waals surface area contributed by atoms with E-state index in [0.29, 0.717) is 12.2 Å². The Balaban J connectivity index is 2.16. The van der Waals surface area contributed by atoms with E-state index in [1.54, 1.807) is 0 Å². The summed E-state index contributed by atoms with van der Waals surface area (Å²) in [4.78, 5) is 11.7. The molecule has 2 heteroatoms. The summed E-state index contributed by atoms with van der Waals surface area (Å²) in [5, 5.41) is 0. The highest BCUT2D eigenvalue weighted by molar-refractivity contribution is 5.99. The van der Waals surface area contributed by atoms with Crippen LogP contribution in [0.3, 0.4) is 0 Å². The number of carbonyl (C=O) groups is 1. The van der Waals surface area contributed by atoms with Crippen molar-refractivity contribution in [3.8, 4) is 0 Å². The quantitative estimate of drug-likeness (QED) is 0.675. The molecule has 78 valence electrons. The molecule has 0 saturated heterocycles. The number of carbonyl (C=O) groups excluding carboxylic acids is 1. The van der Waals surface area contributed by atoms with Crippen LogP contribution in [-0.2, 0) is 9.53 Å². The average molecular weight is 194 g/mol. The van der Waals surface area contributed by atoms with E-state index in [9.17, 15) is 4.79 Å². The van der Waals surface area contributed by atoms with Crippen LogP contribution in [0.4, 0.5) is 0 Å². The minimum Gasteiger partial charge on any atom is -0.374 e. The summed E-state index contributed by atoms with van der Waals surface area (Å²) in [6.45, 7) is 7.08. The van der Waals surface area contributed by atoms with Crippen molar-refractivity contribution in [1.29, 1.82) is 0 Å². The molecule has 0 bridgehead atoms. The van der Waals surface area contributed by atoms with Gasteiger partial charge in [0.15, 0.2) is 5.78 Å². The highest BCUT2D eigenvalue weighted by Crippen LogP contribution is 2.46. The fraction of sp³-hybridized carbons (Fsp3) is 0.750. The maximum absolute atomic E-state index is 11.7. The topological polar surface area (TPSA) is 26.3 Å². The first kappa shape index (κ1) is 9.91. The second kappa shape index (κ2) is 3.20. The van der Waals surface area contributed by atoms with E-state index in [1.807, 2.05) is 6.92 Å². The zero-order valence-corrected chi connectivity index (χ0v) is 9.22. The van der Waals surface area contributed by atoms with Gasteiger partial charge in [-0.1, -0.05) is 13.8 Å². The molecule has 2 rings (SSSR count). The van der Waals surface area contributed by atoms with E-state index in [4.69, 9.17) is 4.74 Å². The minimum absolute atomic E-state index is 0.145. The van der Waals surface area contributed by atoms with Crippen LogP contribution in [0.2, 0.25) is 0 Å². The van der Waals surface area contributed by atoms with Crippen LogP contribution < -0.4 is 0 Å². The standard InChI is InChI=1S/C12H18O2/c1-4-14-11-5-8-9(11)6-12(2,3)7-10(8)13/h11H,4-7H2,1-3H3.